The lowest BCUT2D eigenvalue weighted by molar-refractivity contribution is -0.134. The van der Waals surface area contributed by atoms with Crippen molar-refractivity contribution in [3.8, 4) is 0 Å². The van der Waals surface area contributed by atoms with Gasteiger partial charge >= 0.3 is 0 Å². The summed E-state index contributed by atoms with van der Waals surface area (Å²) in [5.41, 5.74) is 5.21. The van der Waals surface area contributed by atoms with Crippen LogP contribution in [-0.2, 0) is 9.59 Å². The van der Waals surface area contributed by atoms with Crippen molar-refractivity contribution in [3.63, 3.8) is 0 Å². The van der Waals surface area contributed by atoms with Crippen molar-refractivity contribution in [2.45, 2.75) is 24.8 Å². The molecular weight excluding hydrogens is 332 g/mol. The zero-order valence-electron chi connectivity index (χ0n) is 13.1. The van der Waals surface area contributed by atoms with Crippen molar-refractivity contribution in [1.82, 2.24) is 4.90 Å². The molecule has 0 aromatic heterocycles. The van der Waals surface area contributed by atoms with Crippen molar-refractivity contribution in [2.75, 3.05) is 12.3 Å². The summed E-state index contributed by atoms with van der Waals surface area (Å²) >= 11 is 7.71. The minimum absolute atomic E-state index is 0.0621. The molecule has 2 rings (SSSR count). The van der Waals surface area contributed by atoms with Crippen molar-refractivity contribution in [3.05, 3.63) is 41.4 Å². The van der Waals surface area contributed by atoms with E-state index in [1.165, 1.54) is 16.7 Å². The van der Waals surface area contributed by atoms with Gasteiger partial charge in [-0.2, -0.15) is 0 Å². The van der Waals surface area contributed by atoms with E-state index in [4.69, 9.17) is 17.3 Å². The summed E-state index contributed by atoms with van der Waals surface area (Å²) in [4.78, 5) is 25.9. The normalized spacial score (nSPS) is 11.0. The third-order valence-electron chi connectivity index (χ3n) is 3.44. The summed E-state index contributed by atoms with van der Waals surface area (Å²) in [7, 11) is 0. The minimum atomic E-state index is -0.509. The Morgan fingerprint density at radius 1 is 1.22 bits per heavy atom. The van der Waals surface area contributed by atoms with Crippen LogP contribution in [0, 0.1) is 0 Å². The smallest absolute Gasteiger partial charge is 0.237 e. The maximum absolute atomic E-state index is 12.4. The predicted molar refractivity (Wildman–Crippen MR) is 95.7 cm³/mol. The fraction of sp³-hybridized carbons (Fsp3) is 0.294. The number of carbonyl (C=O) groups is 2. The van der Waals surface area contributed by atoms with E-state index in [1.807, 2.05) is 50.2 Å². The Labute approximate surface area is 145 Å². The Hall–Kier alpha value is -1.72. The fourth-order valence-corrected chi connectivity index (χ4v) is 3.66. The quantitative estimate of drug-likeness (QED) is 0.813. The zero-order valence-corrected chi connectivity index (χ0v) is 14.7. The first-order valence-electron chi connectivity index (χ1n) is 7.28. The van der Waals surface area contributed by atoms with Crippen LogP contribution in [0.25, 0.3) is 10.8 Å². The first-order chi connectivity index (χ1) is 10.9. The highest BCUT2D eigenvalue weighted by Gasteiger charge is 2.19. The molecule has 0 atom stereocenters. The van der Waals surface area contributed by atoms with E-state index in [2.05, 4.69) is 0 Å². The van der Waals surface area contributed by atoms with Gasteiger partial charge in [-0.15, -0.1) is 11.8 Å². The number of benzene rings is 2. The lowest BCUT2D eigenvalue weighted by Crippen LogP contribution is -2.43. The van der Waals surface area contributed by atoms with Crippen LogP contribution in [0.15, 0.2) is 41.3 Å². The number of amides is 2. The average molecular weight is 351 g/mol. The molecule has 23 heavy (non-hydrogen) atoms. The summed E-state index contributed by atoms with van der Waals surface area (Å²) in [6.07, 6.45) is 0. The van der Waals surface area contributed by atoms with Crippen molar-refractivity contribution in [1.29, 1.82) is 0 Å². The molecule has 0 fully saturated rings. The Balaban J connectivity index is 2.17. The molecule has 2 aromatic carbocycles. The van der Waals surface area contributed by atoms with Gasteiger partial charge in [0.1, 0.15) is 0 Å². The van der Waals surface area contributed by atoms with E-state index in [0.29, 0.717) is 5.02 Å². The summed E-state index contributed by atoms with van der Waals surface area (Å²) in [6.45, 7) is 3.66. The van der Waals surface area contributed by atoms with Crippen molar-refractivity contribution < 1.29 is 9.59 Å². The second-order valence-corrected chi connectivity index (χ2v) is 6.89. The highest BCUT2D eigenvalue weighted by molar-refractivity contribution is 8.00. The van der Waals surface area contributed by atoms with Gasteiger partial charge in [0.25, 0.3) is 0 Å². The number of hydrogen-bond acceptors (Lipinski definition) is 3. The van der Waals surface area contributed by atoms with Gasteiger partial charge in [-0.25, -0.2) is 0 Å². The molecule has 0 radical (unpaired) electrons. The van der Waals surface area contributed by atoms with Gasteiger partial charge in [-0.05, 0) is 31.4 Å². The van der Waals surface area contributed by atoms with Crippen LogP contribution in [0.3, 0.4) is 0 Å². The predicted octanol–water partition coefficient (Wildman–Crippen LogP) is 3.31. The number of primary amides is 1. The first-order valence-corrected chi connectivity index (χ1v) is 8.64. The van der Waals surface area contributed by atoms with Crippen LogP contribution in [0.1, 0.15) is 13.8 Å². The van der Waals surface area contributed by atoms with Crippen LogP contribution < -0.4 is 5.73 Å². The third-order valence-corrected chi connectivity index (χ3v) is 4.79. The molecule has 0 spiro atoms. The van der Waals surface area contributed by atoms with Crippen LogP contribution in [0.2, 0.25) is 5.02 Å². The number of carbonyl (C=O) groups excluding carboxylic acids is 2. The maximum atomic E-state index is 12.4. The maximum Gasteiger partial charge on any atom is 0.237 e. The van der Waals surface area contributed by atoms with Gasteiger partial charge in [0.05, 0.1) is 12.3 Å². The van der Waals surface area contributed by atoms with Crippen LogP contribution in [0.4, 0.5) is 0 Å². The number of thioether (sulfide) groups is 1. The number of fused-ring (bicyclic) bond motifs is 1. The van der Waals surface area contributed by atoms with Gasteiger partial charge in [0.2, 0.25) is 11.8 Å². The highest BCUT2D eigenvalue weighted by Crippen LogP contribution is 2.33. The molecule has 0 aliphatic carbocycles. The zero-order chi connectivity index (χ0) is 17.0. The molecular formula is C17H19ClN2O2S. The summed E-state index contributed by atoms with van der Waals surface area (Å²) < 4.78 is 0. The van der Waals surface area contributed by atoms with Crippen LogP contribution >= 0.6 is 23.4 Å². The van der Waals surface area contributed by atoms with E-state index >= 15 is 0 Å². The van der Waals surface area contributed by atoms with Crippen molar-refractivity contribution in [2.24, 2.45) is 5.73 Å². The second kappa shape index (κ2) is 7.70. The molecule has 2 N–H and O–H groups in total. The number of nitrogens with two attached hydrogens (primary N) is 1. The Morgan fingerprint density at radius 2 is 1.87 bits per heavy atom. The molecule has 122 valence electrons. The Kier molecular flexibility index (Phi) is 5.91. The second-order valence-electron chi connectivity index (χ2n) is 5.46. The number of hydrogen-bond donors (Lipinski definition) is 1. The Morgan fingerprint density at radius 3 is 2.48 bits per heavy atom. The van der Waals surface area contributed by atoms with Gasteiger partial charge in [-0.3, -0.25) is 9.59 Å². The first kappa shape index (κ1) is 17.6. The molecule has 0 heterocycles. The molecule has 2 amide bonds. The lowest BCUT2D eigenvalue weighted by Gasteiger charge is -2.25. The number of nitrogens with zero attached hydrogens (tertiary/aromatic N) is 1. The van der Waals surface area contributed by atoms with Crippen LogP contribution in [-0.4, -0.2) is 35.1 Å². The molecule has 0 saturated carbocycles. The number of rotatable bonds is 6. The summed E-state index contributed by atoms with van der Waals surface area (Å²) in [5.74, 6) is -0.395. The fourth-order valence-electron chi connectivity index (χ4n) is 2.33. The molecule has 0 aliphatic rings. The monoisotopic (exact) mass is 350 g/mol. The molecule has 0 unspecified atom stereocenters. The van der Waals surface area contributed by atoms with E-state index in [-0.39, 0.29) is 24.2 Å². The van der Waals surface area contributed by atoms with Gasteiger partial charge in [0.15, 0.2) is 0 Å². The summed E-state index contributed by atoms with van der Waals surface area (Å²) in [5, 5.41) is 2.64. The minimum Gasteiger partial charge on any atom is -0.368 e. The Bertz CT molecular complexity index is 728. The van der Waals surface area contributed by atoms with Gasteiger partial charge < -0.3 is 10.6 Å². The number of halogens is 1. The van der Waals surface area contributed by atoms with Crippen molar-refractivity contribution >= 4 is 45.9 Å². The third kappa shape index (κ3) is 4.39. The standard InChI is InChI=1S/C17H19ClN2O2S/c1-11(2)20(9-15(19)21)16(22)10-23-14-8-4-6-12-5-3-7-13(18)17(12)14/h3-8,11H,9-10H2,1-2H3,(H2,19,21). The molecule has 0 aliphatic heterocycles. The molecule has 4 nitrogen and oxygen atoms in total. The summed E-state index contributed by atoms with van der Waals surface area (Å²) in [6, 6.07) is 11.5. The SMILES string of the molecule is CC(C)N(CC(N)=O)C(=O)CSc1cccc2cccc(Cl)c12. The topological polar surface area (TPSA) is 63.4 Å². The van der Waals surface area contributed by atoms with Gasteiger partial charge in [0, 0.05) is 21.3 Å². The largest absolute Gasteiger partial charge is 0.368 e. The highest BCUT2D eigenvalue weighted by atomic mass is 35.5. The van der Waals surface area contributed by atoms with Crippen LogP contribution in [0.5, 0.6) is 0 Å². The van der Waals surface area contributed by atoms with E-state index in [0.717, 1.165) is 15.7 Å². The van der Waals surface area contributed by atoms with E-state index < -0.39 is 5.91 Å². The molecule has 0 saturated heterocycles. The lowest BCUT2D eigenvalue weighted by atomic mass is 10.1. The van der Waals surface area contributed by atoms with E-state index in [1.54, 1.807) is 0 Å². The molecule has 6 heteroatoms. The van der Waals surface area contributed by atoms with Gasteiger partial charge in [-0.1, -0.05) is 35.9 Å². The average Bonchev–Trinajstić information content (AvgIpc) is 2.50. The molecule has 2 aromatic rings. The van der Waals surface area contributed by atoms with E-state index in [9.17, 15) is 9.59 Å². The molecule has 0 bridgehead atoms.